The summed E-state index contributed by atoms with van der Waals surface area (Å²) in [6.07, 6.45) is 0.608. The van der Waals surface area contributed by atoms with Crippen LogP contribution < -0.4 is 0 Å². The van der Waals surface area contributed by atoms with Crippen molar-refractivity contribution in [3.05, 3.63) is 48.0 Å². The van der Waals surface area contributed by atoms with Crippen LogP contribution in [0.25, 0.3) is 0 Å². The summed E-state index contributed by atoms with van der Waals surface area (Å²) in [6, 6.07) is 9.68. The van der Waals surface area contributed by atoms with Crippen molar-refractivity contribution in [2.75, 3.05) is 0 Å². The molecule has 0 radical (unpaired) electrons. The Bertz CT molecular complexity index is 285. The molecule has 1 heteroatoms. The Morgan fingerprint density at radius 3 is 2.38 bits per heavy atom. The lowest BCUT2D eigenvalue weighted by atomic mass is 9.90. The largest absolute Gasteiger partial charge is 0.385 e. The molecule has 0 spiro atoms. The third-order valence-electron chi connectivity index (χ3n) is 2.04. The summed E-state index contributed by atoms with van der Waals surface area (Å²) in [7, 11) is 0. The average molecular weight is 176 g/mol. The van der Waals surface area contributed by atoms with Crippen LogP contribution >= 0.6 is 0 Å². The molecule has 0 saturated carbocycles. The fourth-order valence-electron chi connectivity index (χ4n) is 1.49. The van der Waals surface area contributed by atoms with E-state index in [1.807, 2.05) is 44.2 Å². The fraction of sp³-hybridized carbons (Fsp3) is 0.333. The Labute approximate surface area is 79.7 Å². The van der Waals surface area contributed by atoms with E-state index in [0.29, 0.717) is 6.42 Å². The lowest BCUT2D eigenvalue weighted by molar-refractivity contribution is 0.0578. The highest BCUT2D eigenvalue weighted by atomic mass is 16.3. The molecule has 1 nitrogen and oxygen atoms in total. The Hall–Kier alpha value is -1.08. The van der Waals surface area contributed by atoms with Crippen LogP contribution in [-0.4, -0.2) is 5.11 Å². The van der Waals surface area contributed by atoms with Crippen molar-refractivity contribution in [2.45, 2.75) is 25.9 Å². The van der Waals surface area contributed by atoms with Gasteiger partial charge in [-0.15, -0.1) is 6.58 Å². The molecule has 0 aliphatic heterocycles. The quantitative estimate of drug-likeness (QED) is 0.702. The van der Waals surface area contributed by atoms with Gasteiger partial charge in [-0.05, 0) is 19.4 Å². The highest BCUT2D eigenvalue weighted by molar-refractivity contribution is 5.23. The summed E-state index contributed by atoms with van der Waals surface area (Å²) < 4.78 is 0. The van der Waals surface area contributed by atoms with Crippen molar-refractivity contribution in [2.24, 2.45) is 0 Å². The number of hydrogen-bond acceptors (Lipinski definition) is 1. The summed E-state index contributed by atoms with van der Waals surface area (Å²) in [6.45, 7) is 7.55. The van der Waals surface area contributed by atoms with E-state index in [-0.39, 0.29) is 0 Å². The minimum atomic E-state index is -0.785. The Kier molecular flexibility index (Phi) is 2.89. The molecule has 13 heavy (non-hydrogen) atoms. The summed E-state index contributed by atoms with van der Waals surface area (Å²) in [4.78, 5) is 0. The molecule has 1 N–H and O–H groups in total. The Morgan fingerprint density at radius 1 is 1.38 bits per heavy atom. The van der Waals surface area contributed by atoms with Crippen molar-refractivity contribution in [3.63, 3.8) is 0 Å². The van der Waals surface area contributed by atoms with E-state index in [1.54, 1.807) is 0 Å². The maximum Gasteiger partial charge on any atom is 0.0905 e. The minimum Gasteiger partial charge on any atom is -0.385 e. The standard InChI is InChI=1S/C12H16O/c1-10(2)9-12(3,13)11-7-5-4-6-8-11/h4-8,13H,1,9H2,2-3H3. The van der Waals surface area contributed by atoms with Gasteiger partial charge in [0.25, 0.3) is 0 Å². The van der Waals surface area contributed by atoms with Crippen LogP contribution in [0.5, 0.6) is 0 Å². The lowest BCUT2D eigenvalue weighted by Crippen LogP contribution is -2.20. The molecule has 1 aromatic carbocycles. The van der Waals surface area contributed by atoms with Crippen LogP contribution in [0.1, 0.15) is 25.8 Å². The van der Waals surface area contributed by atoms with Crippen molar-refractivity contribution in [1.29, 1.82) is 0 Å². The van der Waals surface area contributed by atoms with Gasteiger partial charge in [0.15, 0.2) is 0 Å². The highest BCUT2D eigenvalue weighted by Crippen LogP contribution is 2.26. The molecule has 1 aromatic rings. The Morgan fingerprint density at radius 2 is 1.92 bits per heavy atom. The SMILES string of the molecule is C=C(C)CC(C)(O)c1ccccc1. The first-order valence-corrected chi connectivity index (χ1v) is 4.44. The summed E-state index contributed by atoms with van der Waals surface area (Å²) in [5, 5.41) is 10.1. The topological polar surface area (TPSA) is 20.2 Å². The van der Waals surface area contributed by atoms with Gasteiger partial charge in [0.1, 0.15) is 0 Å². The van der Waals surface area contributed by atoms with E-state index in [4.69, 9.17) is 0 Å². The van der Waals surface area contributed by atoms with Gasteiger partial charge < -0.3 is 5.11 Å². The van der Waals surface area contributed by atoms with Crippen LogP contribution in [0.3, 0.4) is 0 Å². The number of benzene rings is 1. The smallest absolute Gasteiger partial charge is 0.0905 e. The van der Waals surface area contributed by atoms with Crippen molar-refractivity contribution in [1.82, 2.24) is 0 Å². The monoisotopic (exact) mass is 176 g/mol. The molecule has 0 fully saturated rings. The van der Waals surface area contributed by atoms with Gasteiger partial charge in [-0.2, -0.15) is 0 Å². The maximum absolute atomic E-state index is 10.1. The van der Waals surface area contributed by atoms with Crippen molar-refractivity contribution < 1.29 is 5.11 Å². The van der Waals surface area contributed by atoms with Gasteiger partial charge in [-0.25, -0.2) is 0 Å². The molecule has 1 rings (SSSR count). The van der Waals surface area contributed by atoms with Crippen LogP contribution in [0, 0.1) is 0 Å². The zero-order valence-corrected chi connectivity index (χ0v) is 8.25. The van der Waals surface area contributed by atoms with Gasteiger partial charge in [0.05, 0.1) is 5.60 Å². The summed E-state index contributed by atoms with van der Waals surface area (Å²) in [5.41, 5.74) is 1.15. The van der Waals surface area contributed by atoms with Gasteiger partial charge in [-0.3, -0.25) is 0 Å². The average Bonchev–Trinajstić information content (AvgIpc) is 2.04. The van der Waals surface area contributed by atoms with Gasteiger partial charge >= 0.3 is 0 Å². The van der Waals surface area contributed by atoms with Crippen molar-refractivity contribution >= 4 is 0 Å². The zero-order valence-electron chi connectivity index (χ0n) is 8.25. The zero-order chi connectivity index (χ0) is 9.90. The maximum atomic E-state index is 10.1. The molecule has 0 saturated heterocycles. The molecule has 0 aliphatic carbocycles. The molecule has 0 bridgehead atoms. The molecule has 0 aliphatic rings. The molecular weight excluding hydrogens is 160 g/mol. The summed E-state index contributed by atoms with van der Waals surface area (Å²) in [5.74, 6) is 0. The summed E-state index contributed by atoms with van der Waals surface area (Å²) >= 11 is 0. The number of aliphatic hydroxyl groups is 1. The first-order chi connectivity index (χ1) is 6.02. The predicted molar refractivity (Wildman–Crippen MR) is 55.4 cm³/mol. The van der Waals surface area contributed by atoms with Crippen LogP contribution in [0.15, 0.2) is 42.5 Å². The van der Waals surface area contributed by atoms with Crippen LogP contribution in [-0.2, 0) is 5.60 Å². The first kappa shape index (κ1) is 10.0. The second kappa shape index (κ2) is 3.75. The molecule has 0 aromatic heterocycles. The Balaban J connectivity index is 2.87. The van der Waals surface area contributed by atoms with Crippen LogP contribution in [0.2, 0.25) is 0 Å². The predicted octanol–water partition coefficient (Wildman–Crippen LogP) is 2.86. The van der Waals surface area contributed by atoms with E-state index in [9.17, 15) is 5.11 Å². The van der Waals surface area contributed by atoms with E-state index >= 15 is 0 Å². The molecule has 70 valence electrons. The number of rotatable bonds is 3. The normalized spacial score (nSPS) is 15.0. The van der Waals surface area contributed by atoms with Gasteiger partial charge in [-0.1, -0.05) is 35.9 Å². The third-order valence-corrected chi connectivity index (χ3v) is 2.04. The van der Waals surface area contributed by atoms with Crippen molar-refractivity contribution in [3.8, 4) is 0 Å². The molecule has 1 atom stereocenters. The van der Waals surface area contributed by atoms with Gasteiger partial charge in [0, 0.05) is 6.42 Å². The first-order valence-electron chi connectivity index (χ1n) is 4.44. The molecular formula is C12H16O. The van der Waals surface area contributed by atoms with Crippen LogP contribution in [0.4, 0.5) is 0 Å². The van der Waals surface area contributed by atoms with E-state index < -0.39 is 5.60 Å². The molecule has 1 unspecified atom stereocenters. The second-order valence-corrected chi connectivity index (χ2v) is 3.77. The molecule has 0 heterocycles. The van der Waals surface area contributed by atoms with E-state index in [0.717, 1.165) is 11.1 Å². The fourth-order valence-corrected chi connectivity index (χ4v) is 1.49. The van der Waals surface area contributed by atoms with E-state index in [2.05, 4.69) is 6.58 Å². The highest BCUT2D eigenvalue weighted by Gasteiger charge is 2.22. The third kappa shape index (κ3) is 2.71. The number of hydrogen-bond donors (Lipinski definition) is 1. The second-order valence-electron chi connectivity index (χ2n) is 3.77. The van der Waals surface area contributed by atoms with Gasteiger partial charge in [0.2, 0.25) is 0 Å². The minimum absolute atomic E-state index is 0.608. The molecule has 0 amide bonds. The lowest BCUT2D eigenvalue weighted by Gasteiger charge is -2.23. The van der Waals surface area contributed by atoms with E-state index in [1.165, 1.54) is 0 Å².